The number of nitrogens with zero attached hydrogens (tertiary/aromatic N) is 2. The van der Waals surface area contributed by atoms with Gasteiger partial charge in [0.25, 0.3) is 0 Å². The first-order valence-corrected chi connectivity index (χ1v) is 10.0. The fraction of sp³-hybridized carbons (Fsp3) is 0.619. The van der Waals surface area contributed by atoms with Gasteiger partial charge in [0.2, 0.25) is 0 Å². The zero-order valence-electron chi connectivity index (χ0n) is 16.1. The molecular formula is C21H29F2N3O. The third kappa shape index (κ3) is 3.45. The van der Waals surface area contributed by atoms with Crippen molar-refractivity contribution in [2.75, 3.05) is 19.7 Å². The molecule has 6 heteroatoms. The van der Waals surface area contributed by atoms with Gasteiger partial charge >= 0.3 is 0 Å². The third-order valence-corrected chi connectivity index (χ3v) is 6.16. The monoisotopic (exact) mass is 377 g/mol. The molecule has 0 aromatic heterocycles. The van der Waals surface area contributed by atoms with Crippen molar-refractivity contribution in [3.63, 3.8) is 0 Å². The normalized spacial score (nSPS) is 28.9. The van der Waals surface area contributed by atoms with Gasteiger partial charge in [0.1, 0.15) is 17.7 Å². The first-order valence-electron chi connectivity index (χ1n) is 10.0. The zero-order valence-corrected chi connectivity index (χ0v) is 16.1. The molecule has 0 aliphatic carbocycles. The highest BCUT2D eigenvalue weighted by Crippen LogP contribution is 2.39. The summed E-state index contributed by atoms with van der Waals surface area (Å²) in [4.78, 5) is 4.98. The molecular weight excluding hydrogens is 348 g/mol. The van der Waals surface area contributed by atoms with Gasteiger partial charge in [-0.25, -0.2) is 8.78 Å². The van der Waals surface area contributed by atoms with Gasteiger partial charge in [-0.05, 0) is 51.3 Å². The van der Waals surface area contributed by atoms with E-state index >= 15 is 0 Å². The lowest BCUT2D eigenvalue weighted by molar-refractivity contribution is -0.0436. The Morgan fingerprint density at radius 1 is 1.15 bits per heavy atom. The molecule has 27 heavy (non-hydrogen) atoms. The molecule has 3 heterocycles. The summed E-state index contributed by atoms with van der Waals surface area (Å²) < 4.78 is 33.7. The van der Waals surface area contributed by atoms with Crippen LogP contribution in [0.1, 0.15) is 51.2 Å². The average Bonchev–Trinajstić information content (AvgIpc) is 3.08. The van der Waals surface area contributed by atoms with E-state index in [1.807, 2.05) is 0 Å². The molecule has 4 rings (SSSR count). The van der Waals surface area contributed by atoms with Crippen molar-refractivity contribution in [3.05, 3.63) is 46.8 Å². The molecule has 1 saturated heterocycles. The molecule has 2 N–H and O–H groups in total. The minimum atomic E-state index is -0.591. The predicted octanol–water partition coefficient (Wildman–Crippen LogP) is 3.54. The number of benzene rings is 1. The first-order chi connectivity index (χ1) is 13.0. The highest BCUT2D eigenvalue weighted by Gasteiger charge is 2.39. The standard InChI is InChI=1S/C21H29F2N3O/c1-13(2)25-8-3-4-19-20(25)7-9-26(19)15-11-18(24)21(27-12-15)16-10-14(22)5-6-17(16)23/h5-6,10,13,15,18,21H,3-4,7-9,11-12,24H2,1-2H3. The summed E-state index contributed by atoms with van der Waals surface area (Å²) in [5.41, 5.74) is 9.50. The van der Waals surface area contributed by atoms with E-state index in [0.29, 0.717) is 12.6 Å². The topological polar surface area (TPSA) is 41.7 Å². The van der Waals surface area contributed by atoms with Crippen LogP contribution in [0, 0.1) is 11.6 Å². The second-order valence-electron chi connectivity index (χ2n) is 8.20. The van der Waals surface area contributed by atoms with Crippen LogP contribution in [0.3, 0.4) is 0 Å². The molecule has 3 unspecified atom stereocenters. The molecule has 0 radical (unpaired) electrons. The Bertz CT molecular complexity index is 736. The second-order valence-corrected chi connectivity index (χ2v) is 8.20. The molecule has 3 aliphatic heterocycles. The Labute approximate surface area is 160 Å². The van der Waals surface area contributed by atoms with Crippen LogP contribution in [0.15, 0.2) is 29.6 Å². The quantitative estimate of drug-likeness (QED) is 0.875. The van der Waals surface area contributed by atoms with E-state index in [1.54, 1.807) is 0 Å². The molecule has 0 saturated carbocycles. The van der Waals surface area contributed by atoms with Crippen LogP contribution in [0.5, 0.6) is 0 Å². The minimum Gasteiger partial charge on any atom is -0.371 e. The fourth-order valence-electron chi connectivity index (χ4n) is 4.91. The van der Waals surface area contributed by atoms with Crippen molar-refractivity contribution >= 4 is 0 Å². The first kappa shape index (κ1) is 18.7. The minimum absolute atomic E-state index is 0.201. The largest absolute Gasteiger partial charge is 0.371 e. The molecule has 0 bridgehead atoms. The van der Waals surface area contributed by atoms with Gasteiger partial charge in [-0.15, -0.1) is 0 Å². The maximum Gasteiger partial charge on any atom is 0.129 e. The van der Waals surface area contributed by atoms with Gasteiger partial charge in [-0.3, -0.25) is 0 Å². The molecule has 1 aromatic rings. The van der Waals surface area contributed by atoms with Gasteiger partial charge < -0.3 is 20.3 Å². The molecule has 1 aromatic carbocycles. The van der Waals surface area contributed by atoms with Crippen molar-refractivity contribution < 1.29 is 13.5 Å². The van der Waals surface area contributed by atoms with E-state index in [-0.39, 0.29) is 17.6 Å². The van der Waals surface area contributed by atoms with Crippen LogP contribution in [0.4, 0.5) is 8.78 Å². The Hall–Kier alpha value is -1.66. The van der Waals surface area contributed by atoms with Crippen molar-refractivity contribution in [1.82, 2.24) is 9.80 Å². The molecule has 1 fully saturated rings. The lowest BCUT2D eigenvalue weighted by Crippen LogP contribution is -2.48. The van der Waals surface area contributed by atoms with Crippen molar-refractivity contribution in [2.45, 2.75) is 63.8 Å². The van der Waals surface area contributed by atoms with Gasteiger partial charge in [0, 0.05) is 48.6 Å². The molecule has 3 aliphatic rings. The van der Waals surface area contributed by atoms with E-state index in [0.717, 1.165) is 44.5 Å². The van der Waals surface area contributed by atoms with Crippen LogP contribution >= 0.6 is 0 Å². The smallest absolute Gasteiger partial charge is 0.129 e. The highest BCUT2D eigenvalue weighted by atomic mass is 19.1. The third-order valence-electron chi connectivity index (χ3n) is 6.16. The summed E-state index contributed by atoms with van der Waals surface area (Å²) in [5.74, 6) is -0.920. The number of hydrogen-bond acceptors (Lipinski definition) is 4. The lowest BCUT2D eigenvalue weighted by atomic mass is 9.93. The molecule has 3 atom stereocenters. The summed E-state index contributed by atoms with van der Waals surface area (Å²) in [7, 11) is 0. The summed E-state index contributed by atoms with van der Waals surface area (Å²) >= 11 is 0. The van der Waals surface area contributed by atoms with E-state index in [2.05, 4.69) is 23.6 Å². The number of halogens is 2. The van der Waals surface area contributed by atoms with Gasteiger partial charge in [-0.2, -0.15) is 0 Å². The number of nitrogens with two attached hydrogens (primary N) is 1. The van der Waals surface area contributed by atoms with Crippen molar-refractivity contribution in [3.8, 4) is 0 Å². The lowest BCUT2D eigenvalue weighted by Gasteiger charge is -2.42. The van der Waals surface area contributed by atoms with Crippen LogP contribution in [-0.2, 0) is 4.74 Å². The summed E-state index contributed by atoms with van der Waals surface area (Å²) in [6.45, 7) is 7.11. The van der Waals surface area contributed by atoms with Crippen LogP contribution in [0.2, 0.25) is 0 Å². The van der Waals surface area contributed by atoms with E-state index < -0.39 is 17.7 Å². The predicted molar refractivity (Wildman–Crippen MR) is 101 cm³/mol. The average molecular weight is 377 g/mol. The maximum atomic E-state index is 14.1. The van der Waals surface area contributed by atoms with Gasteiger partial charge in [0.05, 0.1) is 12.6 Å². The van der Waals surface area contributed by atoms with Crippen LogP contribution < -0.4 is 5.73 Å². The van der Waals surface area contributed by atoms with E-state index in [1.165, 1.54) is 23.9 Å². The second kappa shape index (κ2) is 7.40. The molecule has 0 amide bonds. The number of rotatable bonds is 3. The van der Waals surface area contributed by atoms with Gasteiger partial charge in [0.15, 0.2) is 0 Å². The maximum absolute atomic E-state index is 14.1. The van der Waals surface area contributed by atoms with Crippen LogP contribution in [0.25, 0.3) is 0 Å². The molecule has 0 spiro atoms. The number of hydrogen-bond donors (Lipinski definition) is 1. The van der Waals surface area contributed by atoms with E-state index in [9.17, 15) is 8.78 Å². The molecule has 4 nitrogen and oxygen atoms in total. The number of allylic oxidation sites excluding steroid dienone is 1. The summed E-state index contributed by atoms with van der Waals surface area (Å²) in [6, 6.07) is 3.84. The van der Waals surface area contributed by atoms with E-state index in [4.69, 9.17) is 10.5 Å². The summed E-state index contributed by atoms with van der Waals surface area (Å²) in [6.07, 6.45) is 3.48. The molecule has 148 valence electrons. The number of ether oxygens (including phenoxy) is 1. The zero-order chi connectivity index (χ0) is 19.1. The Morgan fingerprint density at radius 3 is 2.70 bits per heavy atom. The summed E-state index contributed by atoms with van der Waals surface area (Å²) in [5, 5.41) is 0. The SMILES string of the molecule is CC(C)N1CCCC2=C1CCN2C1COC(c2cc(F)ccc2F)C(N)C1. The van der Waals surface area contributed by atoms with Crippen LogP contribution in [-0.4, -0.2) is 47.6 Å². The Morgan fingerprint density at radius 2 is 1.96 bits per heavy atom. The van der Waals surface area contributed by atoms with Crippen molar-refractivity contribution in [2.24, 2.45) is 5.73 Å². The van der Waals surface area contributed by atoms with Gasteiger partial charge in [-0.1, -0.05) is 0 Å². The van der Waals surface area contributed by atoms with Crippen molar-refractivity contribution in [1.29, 1.82) is 0 Å². The highest BCUT2D eigenvalue weighted by molar-refractivity contribution is 5.25. The fourth-order valence-corrected chi connectivity index (χ4v) is 4.91. The Kier molecular flexibility index (Phi) is 5.12. The Balaban J connectivity index is 1.50.